The molecule has 8 nitrogen and oxygen atoms in total. The highest BCUT2D eigenvalue weighted by Crippen LogP contribution is 2.10. The summed E-state index contributed by atoms with van der Waals surface area (Å²) in [6.07, 6.45) is 1.03. The number of esters is 3. The van der Waals surface area contributed by atoms with Crippen molar-refractivity contribution >= 4 is 17.9 Å². The minimum atomic E-state index is -0.874. The number of hydrogen-bond acceptors (Lipinski definition) is 8. The number of nitrogens with zero attached hydrogens (tertiary/aromatic N) is 2. The first-order chi connectivity index (χ1) is 9.54. The van der Waals surface area contributed by atoms with Crippen LogP contribution in [-0.2, 0) is 14.2 Å². The summed E-state index contributed by atoms with van der Waals surface area (Å²) in [5.41, 5.74) is -0.518. The van der Waals surface area contributed by atoms with Gasteiger partial charge in [0.1, 0.15) is 5.56 Å². The highest BCUT2D eigenvalue weighted by molar-refractivity contribution is 6.02. The Morgan fingerprint density at radius 1 is 1.05 bits per heavy atom. The SMILES string of the molecule is CCOC(=O)c1ncc(C(=O)OCC)c(C(=O)OC)n1. The van der Waals surface area contributed by atoms with E-state index in [1.54, 1.807) is 13.8 Å². The van der Waals surface area contributed by atoms with Crippen molar-refractivity contribution < 1.29 is 28.6 Å². The predicted molar refractivity (Wildman–Crippen MR) is 65.3 cm³/mol. The lowest BCUT2D eigenvalue weighted by molar-refractivity contribution is 0.0484. The second-order valence-corrected chi connectivity index (χ2v) is 3.39. The summed E-state index contributed by atoms with van der Waals surface area (Å²) in [7, 11) is 1.13. The normalized spacial score (nSPS) is 9.75. The van der Waals surface area contributed by atoms with Crippen LogP contribution in [0.1, 0.15) is 45.3 Å². The number of aromatic nitrogens is 2. The van der Waals surface area contributed by atoms with Crippen LogP contribution in [0.4, 0.5) is 0 Å². The summed E-state index contributed by atoms with van der Waals surface area (Å²) < 4.78 is 14.0. The Morgan fingerprint density at radius 2 is 1.65 bits per heavy atom. The van der Waals surface area contributed by atoms with Gasteiger partial charge in [0.2, 0.25) is 5.82 Å². The van der Waals surface area contributed by atoms with Gasteiger partial charge in [-0.2, -0.15) is 0 Å². The summed E-state index contributed by atoms with van der Waals surface area (Å²) in [5, 5.41) is 0. The lowest BCUT2D eigenvalue weighted by atomic mass is 10.2. The van der Waals surface area contributed by atoms with Crippen LogP contribution in [0.3, 0.4) is 0 Å². The molecule has 1 aromatic heterocycles. The van der Waals surface area contributed by atoms with Gasteiger partial charge in [0, 0.05) is 6.20 Å². The highest BCUT2D eigenvalue weighted by atomic mass is 16.5. The van der Waals surface area contributed by atoms with E-state index in [-0.39, 0.29) is 30.3 Å². The van der Waals surface area contributed by atoms with Gasteiger partial charge < -0.3 is 14.2 Å². The zero-order valence-electron chi connectivity index (χ0n) is 11.3. The molecule has 0 spiro atoms. The van der Waals surface area contributed by atoms with Crippen molar-refractivity contribution in [2.75, 3.05) is 20.3 Å². The van der Waals surface area contributed by atoms with Crippen LogP contribution in [0.15, 0.2) is 6.20 Å². The molecule has 0 aromatic carbocycles. The van der Waals surface area contributed by atoms with Gasteiger partial charge in [0.25, 0.3) is 0 Å². The molecule has 0 bridgehead atoms. The van der Waals surface area contributed by atoms with Crippen molar-refractivity contribution in [2.24, 2.45) is 0 Å². The minimum absolute atomic E-state index is 0.124. The molecular formula is C12H14N2O6. The van der Waals surface area contributed by atoms with Crippen molar-refractivity contribution in [1.29, 1.82) is 0 Å². The largest absolute Gasteiger partial charge is 0.464 e. The van der Waals surface area contributed by atoms with Crippen LogP contribution < -0.4 is 0 Å². The van der Waals surface area contributed by atoms with Crippen LogP contribution >= 0.6 is 0 Å². The lowest BCUT2D eigenvalue weighted by Crippen LogP contribution is -2.19. The molecule has 108 valence electrons. The Labute approximate surface area is 115 Å². The molecule has 0 amide bonds. The second-order valence-electron chi connectivity index (χ2n) is 3.39. The monoisotopic (exact) mass is 282 g/mol. The van der Waals surface area contributed by atoms with E-state index in [2.05, 4.69) is 14.7 Å². The van der Waals surface area contributed by atoms with Gasteiger partial charge in [-0.1, -0.05) is 0 Å². The Bertz CT molecular complexity index is 529. The van der Waals surface area contributed by atoms with Crippen LogP contribution in [0.25, 0.3) is 0 Å². The molecule has 1 rings (SSSR count). The van der Waals surface area contributed by atoms with E-state index in [4.69, 9.17) is 9.47 Å². The van der Waals surface area contributed by atoms with Gasteiger partial charge in [0.15, 0.2) is 5.69 Å². The van der Waals surface area contributed by atoms with E-state index in [1.165, 1.54) is 0 Å². The molecule has 8 heteroatoms. The predicted octanol–water partition coefficient (Wildman–Crippen LogP) is 0.617. The molecule has 0 fully saturated rings. The van der Waals surface area contributed by atoms with Crippen LogP contribution in [-0.4, -0.2) is 48.2 Å². The first kappa shape index (κ1) is 15.5. The van der Waals surface area contributed by atoms with E-state index >= 15 is 0 Å². The van der Waals surface area contributed by atoms with E-state index in [1.807, 2.05) is 0 Å². The number of carbonyl (C=O) groups excluding carboxylic acids is 3. The summed E-state index contributed by atoms with van der Waals surface area (Å²) in [4.78, 5) is 42.2. The molecule has 0 N–H and O–H groups in total. The molecule has 0 aliphatic heterocycles. The molecule has 0 unspecified atom stereocenters. The van der Waals surface area contributed by atoms with Gasteiger partial charge in [-0.3, -0.25) is 0 Å². The quantitative estimate of drug-likeness (QED) is 0.571. The summed E-state index contributed by atoms with van der Waals surface area (Å²) in [6, 6.07) is 0. The standard InChI is InChI=1S/C12H14N2O6/c1-4-19-10(15)7-6-13-9(12(17)20-5-2)14-8(7)11(16)18-3/h6H,4-5H2,1-3H3. The number of ether oxygens (including phenoxy) is 3. The van der Waals surface area contributed by atoms with Crippen LogP contribution in [0, 0.1) is 0 Å². The van der Waals surface area contributed by atoms with E-state index in [0.29, 0.717) is 0 Å². The lowest BCUT2D eigenvalue weighted by Gasteiger charge is -2.07. The van der Waals surface area contributed by atoms with Crippen LogP contribution in [0.5, 0.6) is 0 Å². The zero-order valence-corrected chi connectivity index (χ0v) is 11.3. The van der Waals surface area contributed by atoms with Gasteiger partial charge in [-0.15, -0.1) is 0 Å². The third kappa shape index (κ3) is 3.50. The Hall–Kier alpha value is -2.51. The number of hydrogen-bond donors (Lipinski definition) is 0. The fraction of sp³-hybridized carbons (Fsp3) is 0.417. The first-order valence-electron chi connectivity index (χ1n) is 5.84. The fourth-order valence-corrected chi connectivity index (χ4v) is 1.29. The first-order valence-corrected chi connectivity index (χ1v) is 5.84. The van der Waals surface area contributed by atoms with Crippen molar-refractivity contribution in [3.05, 3.63) is 23.3 Å². The molecular weight excluding hydrogens is 268 g/mol. The second kappa shape index (κ2) is 7.17. The minimum Gasteiger partial charge on any atom is -0.464 e. The number of carbonyl (C=O) groups is 3. The average Bonchev–Trinajstić information content (AvgIpc) is 2.46. The molecule has 0 saturated heterocycles. The molecule has 1 heterocycles. The topological polar surface area (TPSA) is 105 Å². The van der Waals surface area contributed by atoms with Crippen molar-refractivity contribution in [3.8, 4) is 0 Å². The van der Waals surface area contributed by atoms with Gasteiger partial charge in [-0.25, -0.2) is 24.4 Å². The number of rotatable bonds is 5. The van der Waals surface area contributed by atoms with E-state index < -0.39 is 17.9 Å². The Balaban J connectivity index is 3.23. The van der Waals surface area contributed by atoms with Crippen LogP contribution in [0.2, 0.25) is 0 Å². The fourth-order valence-electron chi connectivity index (χ4n) is 1.29. The summed E-state index contributed by atoms with van der Waals surface area (Å²) >= 11 is 0. The highest BCUT2D eigenvalue weighted by Gasteiger charge is 2.24. The van der Waals surface area contributed by atoms with Gasteiger partial charge in [-0.05, 0) is 13.8 Å². The molecule has 0 saturated carbocycles. The maximum Gasteiger partial charge on any atom is 0.376 e. The van der Waals surface area contributed by atoms with Crippen molar-refractivity contribution in [2.45, 2.75) is 13.8 Å². The average molecular weight is 282 g/mol. The maximum absolute atomic E-state index is 11.7. The molecule has 0 radical (unpaired) electrons. The zero-order chi connectivity index (χ0) is 15.1. The van der Waals surface area contributed by atoms with E-state index in [9.17, 15) is 14.4 Å². The Kier molecular flexibility index (Phi) is 5.57. The molecule has 0 atom stereocenters. The molecule has 20 heavy (non-hydrogen) atoms. The Morgan fingerprint density at radius 3 is 2.20 bits per heavy atom. The third-order valence-corrected chi connectivity index (χ3v) is 2.12. The summed E-state index contributed by atoms with van der Waals surface area (Å²) in [6.45, 7) is 3.49. The smallest absolute Gasteiger partial charge is 0.376 e. The third-order valence-electron chi connectivity index (χ3n) is 2.12. The van der Waals surface area contributed by atoms with Gasteiger partial charge in [0.05, 0.1) is 20.3 Å². The van der Waals surface area contributed by atoms with E-state index in [0.717, 1.165) is 13.3 Å². The van der Waals surface area contributed by atoms with Crippen molar-refractivity contribution in [1.82, 2.24) is 9.97 Å². The number of methoxy groups -OCH3 is 1. The maximum atomic E-state index is 11.7. The molecule has 1 aromatic rings. The van der Waals surface area contributed by atoms with Gasteiger partial charge >= 0.3 is 17.9 Å². The molecule has 0 aliphatic carbocycles. The van der Waals surface area contributed by atoms with Crippen molar-refractivity contribution in [3.63, 3.8) is 0 Å². The summed E-state index contributed by atoms with van der Waals surface area (Å²) in [5.74, 6) is -2.78. The molecule has 0 aliphatic rings.